The van der Waals surface area contributed by atoms with Crippen LogP contribution in [0.3, 0.4) is 0 Å². The molecule has 3 aromatic rings. The number of nitrogens with zero attached hydrogens (tertiary/aromatic N) is 3. The number of ether oxygens (including phenoxy) is 1. The van der Waals surface area contributed by atoms with Gasteiger partial charge in [-0.25, -0.2) is 0 Å². The highest BCUT2D eigenvalue weighted by Crippen LogP contribution is 2.33. The minimum atomic E-state index is 0.624. The molecule has 6 heteroatoms. The van der Waals surface area contributed by atoms with Crippen LogP contribution in [-0.4, -0.2) is 36.3 Å². The van der Waals surface area contributed by atoms with Crippen molar-refractivity contribution >= 4 is 22.8 Å². The number of morpholine rings is 1. The van der Waals surface area contributed by atoms with Gasteiger partial charge in [-0.1, -0.05) is 13.8 Å². The van der Waals surface area contributed by atoms with Crippen LogP contribution in [-0.2, 0) is 4.74 Å². The lowest BCUT2D eigenvalue weighted by Crippen LogP contribution is -2.36. The van der Waals surface area contributed by atoms with Crippen molar-refractivity contribution < 1.29 is 9.15 Å². The Morgan fingerprint density at radius 1 is 1.08 bits per heavy atom. The number of benzene rings is 1. The fourth-order valence-electron chi connectivity index (χ4n) is 2.68. The van der Waals surface area contributed by atoms with E-state index in [1.54, 1.807) is 12.4 Å². The minimum Gasteiger partial charge on any atom is -0.423 e. The molecule has 2 N–H and O–H groups in total. The molecule has 0 spiro atoms. The minimum absolute atomic E-state index is 0.624. The van der Waals surface area contributed by atoms with E-state index in [0.717, 1.165) is 29.7 Å². The first kappa shape index (κ1) is 16.3. The molecular formula is C18H22N4O2. The molecule has 1 aromatic carbocycles. The number of nitrogens with two attached hydrogens (primary N) is 1. The number of anilines is 2. The van der Waals surface area contributed by atoms with Crippen LogP contribution in [0.4, 0.5) is 11.7 Å². The molecule has 0 unspecified atom stereocenters. The maximum atomic E-state index is 6.01. The summed E-state index contributed by atoms with van der Waals surface area (Å²) < 4.78 is 11.3. The van der Waals surface area contributed by atoms with Crippen LogP contribution < -0.4 is 10.6 Å². The molecule has 1 fully saturated rings. The van der Waals surface area contributed by atoms with Gasteiger partial charge in [0.1, 0.15) is 5.52 Å². The topological polar surface area (TPSA) is 77.4 Å². The SMILES string of the molecule is CC.Nc1cc(-c2ccncc2)c2nc(N3CCOCC3)oc2c1. The Balaban J connectivity index is 0.000000815. The highest BCUT2D eigenvalue weighted by atomic mass is 16.5. The largest absolute Gasteiger partial charge is 0.423 e. The Hall–Kier alpha value is -2.60. The van der Waals surface area contributed by atoms with Crippen molar-refractivity contribution in [2.75, 3.05) is 36.9 Å². The lowest BCUT2D eigenvalue weighted by atomic mass is 10.1. The predicted molar refractivity (Wildman–Crippen MR) is 96.0 cm³/mol. The van der Waals surface area contributed by atoms with E-state index in [1.165, 1.54) is 0 Å². The molecule has 0 radical (unpaired) electrons. The van der Waals surface area contributed by atoms with Crippen molar-refractivity contribution in [3.05, 3.63) is 36.7 Å². The average Bonchev–Trinajstić information content (AvgIpc) is 3.08. The molecule has 0 atom stereocenters. The van der Waals surface area contributed by atoms with Crippen molar-refractivity contribution in [1.82, 2.24) is 9.97 Å². The van der Waals surface area contributed by atoms with Gasteiger partial charge in [0, 0.05) is 42.8 Å². The lowest BCUT2D eigenvalue weighted by Gasteiger charge is -2.24. The third kappa shape index (κ3) is 3.19. The van der Waals surface area contributed by atoms with E-state index in [9.17, 15) is 0 Å². The molecule has 2 aromatic heterocycles. The highest BCUT2D eigenvalue weighted by molar-refractivity contribution is 5.94. The summed E-state index contributed by atoms with van der Waals surface area (Å²) in [6, 6.07) is 8.24. The molecule has 0 aliphatic carbocycles. The fourth-order valence-corrected chi connectivity index (χ4v) is 2.68. The van der Waals surface area contributed by atoms with Crippen LogP contribution in [0.1, 0.15) is 13.8 Å². The number of pyridine rings is 1. The Morgan fingerprint density at radius 2 is 1.79 bits per heavy atom. The molecule has 0 amide bonds. The first-order chi connectivity index (χ1) is 11.8. The quantitative estimate of drug-likeness (QED) is 0.728. The van der Waals surface area contributed by atoms with Crippen molar-refractivity contribution in [3.8, 4) is 11.1 Å². The molecule has 1 aliphatic rings. The van der Waals surface area contributed by atoms with Gasteiger partial charge < -0.3 is 19.8 Å². The molecule has 0 bridgehead atoms. The Morgan fingerprint density at radius 3 is 2.50 bits per heavy atom. The molecule has 24 heavy (non-hydrogen) atoms. The monoisotopic (exact) mass is 326 g/mol. The average molecular weight is 326 g/mol. The van der Waals surface area contributed by atoms with Crippen LogP contribution in [0.2, 0.25) is 0 Å². The summed E-state index contributed by atoms with van der Waals surface area (Å²) in [6.07, 6.45) is 3.51. The third-order valence-electron chi connectivity index (χ3n) is 3.78. The van der Waals surface area contributed by atoms with Gasteiger partial charge >= 0.3 is 0 Å². The van der Waals surface area contributed by atoms with Crippen LogP contribution >= 0.6 is 0 Å². The van der Waals surface area contributed by atoms with Gasteiger partial charge in [0.2, 0.25) is 0 Å². The van der Waals surface area contributed by atoms with Crippen molar-refractivity contribution in [3.63, 3.8) is 0 Å². The van der Waals surface area contributed by atoms with Crippen LogP contribution in [0.5, 0.6) is 0 Å². The summed E-state index contributed by atoms with van der Waals surface area (Å²) in [5.41, 5.74) is 10.2. The molecule has 126 valence electrons. The van der Waals surface area contributed by atoms with Gasteiger partial charge in [0.15, 0.2) is 5.58 Å². The van der Waals surface area contributed by atoms with E-state index in [1.807, 2.05) is 38.1 Å². The summed E-state index contributed by atoms with van der Waals surface area (Å²) >= 11 is 0. The zero-order valence-corrected chi connectivity index (χ0v) is 14.0. The van der Waals surface area contributed by atoms with Crippen molar-refractivity contribution in [1.29, 1.82) is 0 Å². The molecule has 6 nitrogen and oxygen atoms in total. The summed E-state index contributed by atoms with van der Waals surface area (Å²) in [5.74, 6) is 0. The fraction of sp³-hybridized carbons (Fsp3) is 0.333. The van der Waals surface area contributed by atoms with Gasteiger partial charge in [-0.05, 0) is 23.8 Å². The van der Waals surface area contributed by atoms with Crippen molar-refractivity contribution in [2.24, 2.45) is 0 Å². The van der Waals surface area contributed by atoms with E-state index >= 15 is 0 Å². The molecule has 1 saturated heterocycles. The Labute approximate surface area is 141 Å². The van der Waals surface area contributed by atoms with Gasteiger partial charge in [-0.15, -0.1) is 0 Å². The van der Waals surface area contributed by atoms with E-state index in [0.29, 0.717) is 30.5 Å². The smallest absolute Gasteiger partial charge is 0.298 e. The van der Waals surface area contributed by atoms with Gasteiger partial charge in [0.25, 0.3) is 6.01 Å². The first-order valence-electron chi connectivity index (χ1n) is 8.24. The lowest BCUT2D eigenvalue weighted by molar-refractivity contribution is 0.120. The van der Waals surface area contributed by atoms with E-state index in [-0.39, 0.29) is 0 Å². The number of rotatable bonds is 2. The van der Waals surface area contributed by atoms with Crippen molar-refractivity contribution in [2.45, 2.75) is 13.8 Å². The standard InChI is InChI=1S/C16H16N4O2.C2H6/c17-12-9-13(11-1-3-18-4-2-11)15-14(10-12)22-16(19-15)20-5-7-21-8-6-20;1-2/h1-4,9-10H,5-8,17H2;1-2H3. The number of hydrogen-bond donors (Lipinski definition) is 1. The zero-order valence-electron chi connectivity index (χ0n) is 14.0. The number of nitrogen functional groups attached to an aromatic ring is 1. The number of fused-ring (bicyclic) bond motifs is 1. The molecule has 1 aliphatic heterocycles. The summed E-state index contributed by atoms with van der Waals surface area (Å²) in [7, 11) is 0. The Kier molecular flexibility index (Phi) is 4.96. The summed E-state index contributed by atoms with van der Waals surface area (Å²) in [4.78, 5) is 10.8. The number of oxazole rings is 1. The normalized spacial score (nSPS) is 14.3. The molecular weight excluding hydrogens is 304 g/mol. The third-order valence-corrected chi connectivity index (χ3v) is 3.78. The van der Waals surface area contributed by atoms with Crippen LogP contribution in [0.25, 0.3) is 22.2 Å². The summed E-state index contributed by atoms with van der Waals surface area (Å²) in [6.45, 7) is 6.95. The zero-order chi connectivity index (χ0) is 16.9. The van der Waals surface area contributed by atoms with Crippen LogP contribution in [0.15, 0.2) is 41.1 Å². The molecule has 3 heterocycles. The van der Waals surface area contributed by atoms with E-state index in [4.69, 9.17) is 14.9 Å². The maximum absolute atomic E-state index is 6.01. The number of hydrogen-bond acceptors (Lipinski definition) is 6. The van der Waals surface area contributed by atoms with E-state index in [2.05, 4.69) is 14.9 Å². The van der Waals surface area contributed by atoms with Gasteiger partial charge in [0.05, 0.1) is 13.2 Å². The molecule has 4 rings (SSSR count). The highest BCUT2D eigenvalue weighted by Gasteiger charge is 2.19. The second-order valence-corrected chi connectivity index (χ2v) is 5.25. The second kappa shape index (κ2) is 7.31. The maximum Gasteiger partial charge on any atom is 0.298 e. The van der Waals surface area contributed by atoms with Gasteiger partial charge in [-0.2, -0.15) is 4.98 Å². The second-order valence-electron chi connectivity index (χ2n) is 5.25. The molecule has 0 saturated carbocycles. The van der Waals surface area contributed by atoms with Crippen LogP contribution in [0, 0.1) is 0 Å². The summed E-state index contributed by atoms with van der Waals surface area (Å²) in [5, 5.41) is 0. The Bertz CT molecular complexity index is 795. The number of aromatic nitrogens is 2. The predicted octanol–water partition coefficient (Wildman–Crippen LogP) is 3.33. The first-order valence-corrected chi connectivity index (χ1v) is 8.24. The van der Waals surface area contributed by atoms with Gasteiger partial charge in [-0.3, -0.25) is 4.98 Å². The van der Waals surface area contributed by atoms with E-state index < -0.39 is 0 Å².